The molecule has 2 atom stereocenters. The highest BCUT2D eigenvalue weighted by Crippen LogP contribution is 2.11. The smallest absolute Gasteiger partial charge is 0.239 e. The monoisotopic (exact) mass is 242 g/mol. The van der Waals surface area contributed by atoms with Crippen LogP contribution in [0.4, 0.5) is 0 Å². The fourth-order valence-electron chi connectivity index (χ4n) is 1.03. The van der Waals surface area contributed by atoms with E-state index in [2.05, 4.69) is 0 Å². The first-order valence-electron chi connectivity index (χ1n) is 4.84. The number of hydrogen-bond donors (Lipinski definition) is 2. The summed E-state index contributed by atoms with van der Waals surface area (Å²) in [6.07, 6.45) is -1.77. The second-order valence-electron chi connectivity index (χ2n) is 3.13. The van der Waals surface area contributed by atoms with E-state index in [-0.39, 0.29) is 5.05 Å². The van der Waals surface area contributed by atoms with Crippen LogP contribution >= 0.6 is 12.2 Å². The van der Waals surface area contributed by atoms with Crippen molar-refractivity contribution >= 4 is 17.3 Å². The minimum absolute atomic E-state index is 0.0778. The van der Waals surface area contributed by atoms with E-state index in [0.29, 0.717) is 5.75 Å². The Labute approximate surface area is 99.4 Å². The van der Waals surface area contributed by atoms with E-state index >= 15 is 0 Å². The van der Waals surface area contributed by atoms with Gasteiger partial charge < -0.3 is 19.7 Å². The fraction of sp³-hybridized carbons (Fsp3) is 0.364. The summed E-state index contributed by atoms with van der Waals surface area (Å²) in [5.74, 6) is 0.649. The third-order valence-corrected chi connectivity index (χ3v) is 2.14. The third kappa shape index (κ3) is 4.14. The summed E-state index contributed by atoms with van der Waals surface area (Å²) in [4.78, 5) is 0. The Kier molecular flexibility index (Phi) is 5.18. The van der Waals surface area contributed by atoms with E-state index in [9.17, 15) is 0 Å². The van der Waals surface area contributed by atoms with Gasteiger partial charge in [-0.25, -0.2) is 0 Å². The van der Waals surface area contributed by atoms with Crippen LogP contribution in [-0.4, -0.2) is 34.3 Å². The molecule has 0 heterocycles. The van der Waals surface area contributed by atoms with Gasteiger partial charge >= 0.3 is 0 Å². The number of rotatable bonds is 5. The van der Waals surface area contributed by atoms with Gasteiger partial charge in [-0.2, -0.15) is 0 Å². The zero-order valence-corrected chi connectivity index (χ0v) is 9.68. The number of ether oxygens (including phenoxy) is 2. The molecular formula is C11H14O4S. The van der Waals surface area contributed by atoms with Gasteiger partial charge in [-0.05, 0) is 24.4 Å². The highest BCUT2D eigenvalue weighted by atomic mass is 32.1. The van der Waals surface area contributed by atoms with Crippen LogP contribution in [0.25, 0.3) is 0 Å². The Morgan fingerprint density at radius 1 is 1.38 bits per heavy atom. The molecule has 4 nitrogen and oxygen atoms in total. The first kappa shape index (κ1) is 12.9. The van der Waals surface area contributed by atoms with Crippen LogP contribution in [0.15, 0.2) is 30.3 Å². The summed E-state index contributed by atoms with van der Waals surface area (Å²) >= 11 is 4.76. The topological polar surface area (TPSA) is 58.9 Å². The lowest BCUT2D eigenvalue weighted by molar-refractivity contribution is -0.00109. The Morgan fingerprint density at radius 3 is 2.56 bits per heavy atom. The molecule has 88 valence electrons. The van der Waals surface area contributed by atoms with Crippen LogP contribution in [0.1, 0.15) is 6.92 Å². The summed E-state index contributed by atoms with van der Waals surface area (Å²) < 4.78 is 10.5. The molecule has 16 heavy (non-hydrogen) atoms. The van der Waals surface area contributed by atoms with Gasteiger partial charge in [0.2, 0.25) is 6.29 Å². The van der Waals surface area contributed by atoms with E-state index in [1.807, 2.05) is 18.2 Å². The molecule has 1 aromatic rings. The van der Waals surface area contributed by atoms with Crippen molar-refractivity contribution < 1.29 is 19.7 Å². The molecule has 0 aliphatic rings. The van der Waals surface area contributed by atoms with Crippen LogP contribution in [0, 0.1) is 0 Å². The van der Waals surface area contributed by atoms with Crippen molar-refractivity contribution in [2.45, 2.75) is 19.3 Å². The van der Waals surface area contributed by atoms with Gasteiger partial charge in [0.15, 0.2) is 5.05 Å². The first-order valence-corrected chi connectivity index (χ1v) is 5.25. The molecule has 0 spiro atoms. The van der Waals surface area contributed by atoms with Gasteiger partial charge in [0.1, 0.15) is 11.9 Å². The number of thiocarbonyl (C=S) groups is 1. The Hall–Kier alpha value is -1.17. The molecule has 0 aliphatic heterocycles. The van der Waals surface area contributed by atoms with E-state index in [4.69, 9.17) is 31.9 Å². The maximum absolute atomic E-state index is 9.17. The molecule has 2 N–H and O–H groups in total. The van der Waals surface area contributed by atoms with Crippen LogP contribution in [0.3, 0.4) is 0 Å². The Morgan fingerprint density at radius 2 is 2.00 bits per heavy atom. The molecule has 0 bridgehead atoms. The highest BCUT2D eigenvalue weighted by Gasteiger charge is 2.14. The van der Waals surface area contributed by atoms with Crippen molar-refractivity contribution in [3.63, 3.8) is 0 Å². The SMILES string of the molecule is CC(OC(=S)C(O)CO)Oc1ccccc1. The minimum atomic E-state index is -1.16. The number of benzene rings is 1. The summed E-state index contributed by atoms with van der Waals surface area (Å²) in [5, 5.41) is 17.7. The molecule has 0 aliphatic carbocycles. The van der Waals surface area contributed by atoms with Gasteiger partial charge in [-0.15, -0.1) is 0 Å². The lowest BCUT2D eigenvalue weighted by atomic mass is 10.3. The molecule has 0 aromatic heterocycles. The normalized spacial score (nSPS) is 13.9. The van der Waals surface area contributed by atoms with Crippen molar-refractivity contribution in [3.8, 4) is 5.75 Å². The minimum Gasteiger partial charge on any atom is -0.455 e. The molecular weight excluding hydrogens is 228 g/mol. The zero-order chi connectivity index (χ0) is 12.0. The standard InChI is InChI=1S/C11H14O4S/c1-8(15-11(16)10(13)7-12)14-9-5-3-2-4-6-9/h2-6,8,10,12-13H,7H2,1H3. The first-order chi connectivity index (χ1) is 7.63. The van der Waals surface area contributed by atoms with Gasteiger partial charge in [-0.3, -0.25) is 0 Å². The van der Waals surface area contributed by atoms with Crippen LogP contribution in [0.2, 0.25) is 0 Å². The third-order valence-electron chi connectivity index (χ3n) is 1.77. The lowest BCUT2D eigenvalue weighted by Gasteiger charge is -2.18. The van der Waals surface area contributed by atoms with Gasteiger partial charge in [-0.1, -0.05) is 18.2 Å². The van der Waals surface area contributed by atoms with Gasteiger partial charge in [0.05, 0.1) is 6.61 Å². The number of aliphatic hydroxyl groups excluding tert-OH is 2. The van der Waals surface area contributed by atoms with Crippen molar-refractivity contribution in [1.29, 1.82) is 0 Å². The quantitative estimate of drug-likeness (QED) is 0.598. The lowest BCUT2D eigenvalue weighted by Crippen LogP contribution is -2.30. The Bertz CT molecular complexity index is 328. The summed E-state index contributed by atoms with van der Waals surface area (Å²) in [6.45, 7) is 1.19. The Balaban J connectivity index is 2.42. The fourth-order valence-corrected chi connectivity index (χ4v) is 1.24. The molecule has 5 heteroatoms. The van der Waals surface area contributed by atoms with E-state index < -0.39 is 19.0 Å². The molecule has 1 aromatic carbocycles. The molecule has 2 unspecified atom stereocenters. The van der Waals surface area contributed by atoms with Crippen LogP contribution in [0.5, 0.6) is 5.75 Å². The second kappa shape index (κ2) is 6.42. The largest absolute Gasteiger partial charge is 0.455 e. The summed E-state index contributed by atoms with van der Waals surface area (Å²) in [5.41, 5.74) is 0. The van der Waals surface area contributed by atoms with Gasteiger partial charge in [0, 0.05) is 6.92 Å². The molecule has 1 rings (SSSR count). The van der Waals surface area contributed by atoms with Crippen LogP contribution < -0.4 is 4.74 Å². The van der Waals surface area contributed by atoms with Crippen molar-refractivity contribution in [3.05, 3.63) is 30.3 Å². The van der Waals surface area contributed by atoms with Crippen molar-refractivity contribution in [1.82, 2.24) is 0 Å². The second-order valence-corrected chi connectivity index (χ2v) is 3.54. The van der Waals surface area contributed by atoms with E-state index in [0.717, 1.165) is 0 Å². The summed E-state index contributed by atoms with van der Waals surface area (Å²) in [7, 11) is 0. The van der Waals surface area contributed by atoms with Crippen molar-refractivity contribution in [2.75, 3.05) is 6.61 Å². The number of para-hydroxylation sites is 1. The summed E-state index contributed by atoms with van der Waals surface area (Å²) in [6, 6.07) is 9.11. The number of hydrogen-bond acceptors (Lipinski definition) is 5. The molecule has 0 amide bonds. The number of aliphatic hydroxyl groups is 2. The molecule has 0 fully saturated rings. The molecule has 0 saturated carbocycles. The zero-order valence-electron chi connectivity index (χ0n) is 8.87. The van der Waals surface area contributed by atoms with Crippen LogP contribution in [-0.2, 0) is 4.74 Å². The maximum Gasteiger partial charge on any atom is 0.239 e. The molecule has 0 radical (unpaired) electrons. The molecule has 0 saturated heterocycles. The average Bonchev–Trinajstić information content (AvgIpc) is 2.29. The average molecular weight is 242 g/mol. The predicted molar refractivity (Wildman–Crippen MR) is 63.3 cm³/mol. The van der Waals surface area contributed by atoms with E-state index in [1.165, 1.54) is 0 Å². The maximum atomic E-state index is 9.17. The van der Waals surface area contributed by atoms with E-state index in [1.54, 1.807) is 19.1 Å². The van der Waals surface area contributed by atoms with Crippen molar-refractivity contribution in [2.24, 2.45) is 0 Å². The highest BCUT2D eigenvalue weighted by molar-refractivity contribution is 7.80. The predicted octanol–water partition coefficient (Wildman–Crippen LogP) is 1.11. The van der Waals surface area contributed by atoms with Gasteiger partial charge in [0.25, 0.3) is 0 Å².